The summed E-state index contributed by atoms with van der Waals surface area (Å²) in [6.45, 7) is 8.50. The van der Waals surface area contributed by atoms with Crippen molar-refractivity contribution in [2.24, 2.45) is 52.3 Å². The fourth-order valence-corrected chi connectivity index (χ4v) is 9.24. The molecule has 0 spiro atoms. The van der Waals surface area contributed by atoms with E-state index in [0.29, 0.717) is 43.9 Å². The fraction of sp³-hybridized carbons (Fsp3) is 0.963. The smallest absolute Gasteiger partial charge is 0.306 e. The second-order valence-electron chi connectivity index (χ2n) is 12.8. The molecule has 0 aromatic rings. The molecule has 4 aliphatic carbocycles. The maximum Gasteiger partial charge on any atom is 0.306 e. The van der Waals surface area contributed by atoms with Gasteiger partial charge in [0.25, 0.3) is 0 Å². The number of carbonyl (C=O) groups is 1. The van der Waals surface area contributed by atoms with Crippen molar-refractivity contribution in [3.05, 3.63) is 0 Å². The highest BCUT2D eigenvalue weighted by atomic mass is 16.4. The van der Waals surface area contributed by atoms with Crippen LogP contribution < -0.4 is 0 Å². The number of carboxylic acids is 1. The first-order chi connectivity index (χ1) is 15.4. The Balaban J connectivity index is 1.52. The van der Waals surface area contributed by atoms with Gasteiger partial charge in [-0.05, 0) is 91.3 Å². The van der Waals surface area contributed by atoms with E-state index in [-0.39, 0.29) is 40.4 Å². The zero-order valence-corrected chi connectivity index (χ0v) is 20.9. The van der Waals surface area contributed by atoms with Crippen LogP contribution >= 0.6 is 0 Å². The number of carboxylic acid groups (broad SMARTS) is 1. The van der Waals surface area contributed by atoms with Crippen LogP contribution in [0, 0.1) is 52.3 Å². The van der Waals surface area contributed by atoms with E-state index in [1.807, 2.05) is 0 Å². The molecule has 0 heterocycles. The zero-order valence-electron chi connectivity index (χ0n) is 20.9. The van der Waals surface area contributed by atoms with E-state index in [0.717, 1.165) is 25.7 Å². The van der Waals surface area contributed by atoms with Crippen molar-refractivity contribution in [2.75, 3.05) is 0 Å². The standard InChI is InChI=1S/C27H46O6/c1-14(6-5-7-15(2)25(32)33)17-8-9-18-24-19(12-23(31)27(17,18)4)26(3)13-22(30)20(28)10-16(26)11-21(24)29/h14-24,28-31H,5-13H2,1-4H3,(H,32,33)/t14-,15?,16+,17-,18+,19+,20+,21-,22+,23+,24+,26+,27-/m1/s1. The second-order valence-corrected chi connectivity index (χ2v) is 12.8. The first-order valence-corrected chi connectivity index (χ1v) is 13.4. The van der Waals surface area contributed by atoms with Crippen LogP contribution in [0.15, 0.2) is 0 Å². The molecule has 1 unspecified atom stereocenters. The van der Waals surface area contributed by atoms with Gasteiger partial charge in [-0.1, -0.05) is 40.5 Å². The summed E-state index contributed by atoms with van der Waals surface area (Å²) in [4.78, 5) is 11.2. The summed E-state index contributed by atoms with van der Waals surface area (Å²) in [7, 11) is 0. The van der Waals surface area contributed by atoms with E-state index in [2.05, 4.69) is 20.8 Å². The Labute approximate surface area is 198 Å². The molecule has 4 rings (SSSR count). The Bertz CT molecular complexity index is 727. The van der Waals surface area contributed by atoms with E-state index in [4.69, 9.17) is 0 Å². The predicted molar refractivity (Wildman–Crippen MR) is 125 cm³/mol. The zero-order chi connectivity index (χ0) is 24.3. The number of aliphatic carboxylic acids is 1. The lowest BCUT2D eigenvalue weighted by molar-refractivity contribution is -0.219. The van der Waals surface area contributed by atoms with Gasteiger partial charge in [-0.3, -0.25) is 4.79 Å². The minimum Gasteiger partial charge on any atom is -0.481 e. The van der Waals surface area contributed by atoms with Crippen LogP contribution in [0.25, 0.3) is 0 Å². The van der Waals surface area contributed by atoms with Crippen LogP contribution in [-0.4, -0.2) is 55.9 Å². The van der Waals surface area contributed by atoms with Crippen molar-refractivity contribution in [3.8, 4) is 0 Å². The molecule has 6 heteroatoms. The molecule has 0 aromatic heterocycles. The number of hydrogen-bond donors (Lipinski definition) is 5. The van der Waals surface area contributed by atoms with Crippen LogP contribution in [0.5, 0.6) is 0 Å². The van der Waals surface area contributed by atoms with Crippen molar-refractivity contribution >= 4 is 5.97 Å². The average molecular weight is 467 g/mol. The Morgan fingerprint density at radius 1 is 0.909 bits per heavy atom. The van der Waals surface area contributed by atoms with E-state index in [1.54, 1.807) is 6.92 Å². The molecule has 0 aliphatic heterocycles. The molecule has 6 nitrogen and oxygen atoms in total. The minimum absolute atomic E-state index is 0.131. The summed E-state index contributed by atoms with van der Waals surface area (Å²) in [5.41, 5.74) is -0.405. The molecule has 5 N–H and O–H groups in total. The molecular formula is C27H46O6. The first-order valence-electron chi connectivity index (χ1n) is 13.4. The Morgan fingerprint density at radius 2 is 1.58 bits per heavy atom. The van der Waals surface area contributed by atoms with Crippen LogP contribution in [0.1, 0.15) is 85.5 Å². The molecule has 4 fully saturated rings. The number of aliphatic hydroxyl groups excluding tert-OH is 4. The molecule has 4 saturated carbocycles. The highest BCUT2D eigenvalue weighted by Crippen LogP contribution is 2.68. The quantitative estimate of drug-likeness (QED) is 0.409. The lowest BCUT2D eigenvalue weighted by Gasteiger charge is -2.64. The lowest BCUT2D eigenvalue weighted by Crippen LogP contribution is -2.63. The topological polar surface area (TPSA) is 118 Å². The lowest BCUT2D eigenvalue weighted by atomic mass is 9.43. The van der Waals surface area contributed by atoms with Gasteiger partial charge < -0.3 is 25.5 Å². The Kier molecular flexibility index (Phi) is 6.98. The number of rotatable bonds is 6. The van der Waals surface area contributed by atoms with Gasteiger partial charge in [0.05, 0.1) is 30.3 Å². The molecule has 0 amide bonds. The molecule has 33 heavy (non-hydrogen) atoms. The molecular weight excluding hydrogens is 420 g/mol. The Hall–Kier alpha value is -0.690. The number of fused-ring (bicyclic) bond motifs is 5. The third-order valence-electron chi connectivity index (χ3n) is 11.3. The number of aliphatic hydroxyl groups is 4. The third kappa shape index (κ3) is 4.07. The highest BCUT2D eigenvalue weighted by molar-refractivity contribution is 5.69. The molecule has 0 aromatic carbocycles. The molecule has 0 radical (unpaired) electrons. The monoisotopic (exact) mass is 466 g/mol. The molecule has 190 valence electrons. The summed E-state index contributed by atoms with van der Waals surface area (Å²) in [6.07, 6.45) is 4.71. The second kappa shape index (κ2) is 9.07. The number of hydrogen-bond acceptors (Lipinski definition) is 5. The van der Waals surface area contributed by atoms with Gasteiger partial charge in [0.15, 0.2) is 0 Å². The van der Waals surface area contributed by atoms with Crippen LogP contribution in [-0.2, 0) is 4.79 Å². The van der Waals surface area contributed by atoms with Crippen molar-refractivity contribution in [1.29, 1.82) is 0 Å². The van der Waals surface area contributed by atoms with E-state index >= 15 is 0 Å². The molecule has 0 saturated heterocycles. The van der Waals surface area contributed by atoms with Gasteiger partial charge in [-0.25, -0.2) is 0 Å². The van der Waals surface area contributed by atoms with Gasteiger partial charge in [-0.15, -0.1) is 0 Å². The highest BCUT2D eigenvalue weighted by Gasteiger charge is 2.66. The van der Waals surface area contributed by atoms with Crippen molar-refractivity contribution in [3.63, 3.8) is 0 Å². The largest absolute Gasteiger partial charge is 0.481 e. The summed E-state index contributed by atoms with van der Waals surface area (Å²) in [5, 5.41) is 52.9. The SMILES string of the molecule is CC(CCC[C@@H](C)[C@H]1CC[C@H]2[C@@H]3[C@H](O)C[C@@H]4C[C@H](O)[C@@H](O)C[C@]4(C)[C@H]3C[C@H](O)[C@]12C)C(=O)O. The molecule has 4 aliphatic rings. The summed E-state index contributed by atoms with van der Waals surface area (Å²) in [5.74, 6) is 0.448. The summed E-state index contributed by atoms with van der Waals surface area (Å²) >= 11 is 0. The van der Waals surface area contributed by atoms with Gasteiger partial charge in [0, 0.05) is 0 Å². The van der Waals surface area contributed by atoms with Crippen molar-refractivity contribution < 1.29 is 30.3 Å². The maximum atomic E-state index is 11.6. The molecule has 13 atom stereocenters. The van der Waals surface area contributed by atoms with E-state index in [1.165, 1.54) is 0 Å². The van der Waals surface area contributed by atoms with Gasteiger partial charge in [-0.2, -0.15) is 0 Å². The summed E-state index contributed by atoms with van der Waals surface area (Å²) < 4.78 is 0. The first kappa shape index (κ1) is 25.4. The van der Waals surface area contributed by atoms with Crippen LogP contribution in [0.3, 0.4) is 0 Å². The minimum atomic E-state index is -0.734. The van der Waals surface area contributed by atoms with Crippen molar-refractivity contribution in [1.82, 2.24) is 0 Å². The normalized spacial score (nSPS) is 51.2. The van der Waals surface area contributed by atoms with Crippen LogP contribution in [0.2, 0.25) is 0 Å². The summed E-state index contributed by atoms with van der Waals surface area (Å²) in [6, 6.07) is 0. The fourth-order valence-electron chi connectivity index (χ4n) is 9.24. The predicted octanol–water partition coefficient (Wildman–Crippen LogP) is 3.45. The Morgan fingerprint density at radius 3 is 2.24 bits per heavy atom. The van der Waals surface area contributed by atoms with E-state index < -0.39 is 30.4 Å². The van der Waals surface area contributed by atoms with Crippen molar-refractivity contribution in [2.45, 2.75) is 110 Å². The van der Waals surface area contributed by atoms with E-state index in [9.17, 15) is 30.3 Å². The van der Waals surface area contributed by atoms with Gasteiger partial charge in [0.1, 0.15) is 0 Å². The van der Waals surface area contributed by atoms with Gasteiger partial charge >= 0.3 is 5.97 Å². The maximum absolute atomic E-state index is 11.6. The average Bonchev–Trinajstić information content (AvgIpc) is 3.09. The van der Waals surface area contributed by atoms with Gasteiger partial charge in [0.2, 0.25) is 0 Å². The third-order valence-corrected chi connectivity index (χ3v) is 11.3. The van der Waals surface area contributed by atoms with Crippen LogP contribution in [0.4, 0.5) is 0 Å². The molecule has 0 bridgehead atoms.